The zero-order valence-electron chi connectivity index (χ0n) is 16.2. The lowest BCUT2D eigenvalue weighted by Gasteiger charge is -2.22. The van der Waals surface area contributed by atoms with Gasteiger partial charge in [-0.3, -0.25) is 0 Å². The Bertz CT molecular complexity index is 796. The molecule has 2 bridgehead atoms. The summed E-state index contributed by atoms with van der Waals surface area (Å²) in [6.07, 6.45) is 4.19. The van der Waals surface area contributed by atoms with Crippen LogP contribution >= 0.6 is 35.3 Å². The molecule has 28 heavy (non-hydrogen) atoms. The van der Waals surface area contributed by atoms with Crippen LogP contribution in [0.4, 0.5) is 0 Å². The van der Waals surface area contributed by atoms with Gasteiger partial charge in [0.1, 0.15) is 10.8 Å². The molecule has 6 nitrogen and oxygen atoms in total. The molecule has 2 saturated heterocycles. The third kappa shape index (κ3) is 4.96. The summed E-state index contributed by atoms with van der Waals surface area (Å²) >= 11 is 1.64. The van der Waals surface area contributed by atoms with E-state index in [-0.39, 0.29) is 24.0 Å². The summed E-state index contributed by atoms with van der Waals surface area (Å²) in [5.74, 6) is 1.70. The Morgan fingerprint density at radius 3 is 2.79 bits per heavy atom. The van der Waals surface area contributed by atoms with E-state index in [9.17, 15) is 0 Å². The van der Waals surface area contributed by atoms with E-state index in [1.165, 1.54) is 6.42 Å². The normalized spacial score (nSPS) is 23.4. The van der Waals surface area contributed by atoms with E-state index >= 15 is 0 Å². The maximum Gasteiger partial charge on any atom is 0.191 e. The van der Waals surface area contributed by atoms with Crippen LogP contribution in [0.25, 0.3) is 10.6 Å². The van der Waals surface area contributed by atoms with Gasteiger partial charge in [-0.15, -0.1) is 35.3 Å². The van der Waals surface area contributed by atoms with Gasteiger partial charge in [0.25, 0.3) is 0 Å². The molecular weight excluding hydrogens is 487 g/mol. The van der Waals surface area contributed by atoms with Crippen LogP contribution in [0.15, 0.2) is 34.6 Å². The largest absolute Gasteiger partial charge is 0.497 e. The molecule has 3 atom stereocenters. The molecule has 0 amide bonds. The number of guanidine groups is 1. The molecule has 2 aromatic rings. The number of hydrogen-bond acceptors (Lipinski definition) is 5. The zero-order valence-corrected chi connectivity index (χ0v) is 19.3. The first-order valence-corrected chi connectivity index (χ1v) is 10.4. The van der Waals surface area contributed by atoms with E-state index in [0.717, 1.165) is 47.4 Å². The van der Waals surface area contributed by atoms with Crippen LogP contribution in [0.2, 0.25) is 0 Å². The van der Waals surface area contributed by atoms with E-state index in [2.05, 4.69) is 22.9 Å². The molecule has 1 aromatic heterocycles. The maximum atomic E-state index is 5.93. The number of ether oxygens (including phenoxy) is 2. The predicted octanol–water partition coefficient (Wildman–Crippen LogP) is 3.81. The predicted molar refractivity (Wildman–Crippen MR) is 124 cm³/mol. The first kappa shape index (κ1) is 21.3. The number of benzene rings is 1. The zero-order chi connectivity index (χ0) is 18.6. The van der Waals surface area contributed by atoms with Crippen molar-refractivity contribution >= 4 is 41.3 Å². The summed E-state index contributed by atoms with van der Waals surface area (Å²) in [5, 5.41) is 9.96. The number of thiazole rings is 1. The van der Waals surface area contributed by atoms with E-state index < -0.39 is 0 Å². The van der Waals surface area contributed by atoms with Crippen LogP contribution in [0.3, 0.4) is 0 Å². The number of aromatic nitrogens is 1. The minimum absolute atomic E-state index is 0. The van der Waals surface area contributed by atoms with Crippen molar-refractivity contribution in [2.24, 2.45) is 4.99 Å². The highest BCUT2D eigenvalue weighted by Crippen LogP contribution is 2.34. The van der Waals surface area contributed by atoms with Gasteiger partial charge in [-0.2, -0.15) is 0 Å². The van der Waals surface area contributed by atoms with E-state index in [1.54, 1.807) is 18.4 Å². The lowest BCUT2D eigenvalue weighted by Crippen LogP contribution is -2.47. The first-order chi connectivity index (χ1) is 13.2. The van der Waals surface area contributed by atoms with Crippen molar-refractivity contribution in [3.63, 3.8) is 0 Å². The Morgan fingerprint density at radius 2 is 2.14 bits per heavy atom. The molecule has 0 aliphatic carbocycles. The van der Waals surface area contributed by atoms with Gasteiger partial charge >= 0.3 is 0 Å². The van der Waals surface area contributed by atoms with Crippen LogP contribution in [0.1, 0.15) is 31.9 Å². The minimum atomic E-state index is 0. The van der Waals surface area contributed by atoms with Gasteiger partial charge in [-0.05, 0) is 50.5 Å². The van der Waals surface area contributed by atoms with Gasteiger partial charge in [0.15, 0.2) is 5.96 Å². The number of rotatable bonds is 6. The smallest absolute Gasteiger partial charge is 0.191 e. The molecular formula is C20H27IN4O2S. The van der Waals surface area contributed by atoms with E-state index in [1.807, 2.05) is 24.3 Å². The van der Waals surface area contributed by atoms with E-state index in [4.69, 9.17) is 19.5 Å². The fourth-order valence-corrected chi connectivity index (χ4v) is 4.51. The standard InChI is InChI=1S/C20H26N4O2S.HI/c1-3-21-20(24-17-10-16-8-9-18(17)26-16)22-11-14-12-27-19(23-14)13-4-6-15(25-2)7-5-13;/h4-7,12,16-18H,3,8-11H2,1-2H3,(H2,21,22,24);1H. The fourth-order valence-electron chi connectivity index (χ4n) is 3.69. The van der Waals surface area contributed by atoms with Crippen LogP contribution < -0.4 is 15.4 Å². The molecule has 152 valence electrons. The molecule has 1 aromatic carbocycles. The van der Waals surface area contributed by atoms with Crippen molar-refractivity contribution in [3.05, 3.63) is 35.3 Å². The summed E-state index contributed by atoms with van der Waals surface area (Å²) in [5.41, 5.74) is 2.08. The number of nitrogens with zero attached hydrogens (tertiary/aromatic N) is 2. The number of methoxy groups -OCH3 is 1. The monoisotopic (exact) mass is 514 g/mol. The second-order valence-electron chi connectivity index (χ2n) is 6.93. The lowest BCUT2D eigenvalue weighted by molar-refractivity contribution is 0.0992. The van der Waals surface area contributed by atoms with Gasteiger partial charge in [0.05, 0.1) is 37.6 Å². The molecule has 3 unspecified atom stereocenters. The van der Waals surface area contributed by atoms with Crippen LogP contribution in [0, 0.1) is 0 Å². The van der Waals surface area contributed by atoms with Gasteiger partial charge in [0, 0.05) is 17.5 Å². The van der Waals surface area contributed by atoms with E-state index in [0.29, 0.717) is 24.8 Å². The van der Waals surface area contributed by atoms with Crippen LogP contribution in [-0.2, 0) is 11.3 Å². The van der Waals surface area contributed by atoms with Crippen molar-refractivity contribution in [2.75, 3.05) is 13.7 Å². The van der Waals surface area contributed by atoms with Crippen LogP contribution in [0.5, 0.6) is 5.75 Å². The Kier molecular flexibility index (Phi) is 7.53. The second-order valence-corrected chi connectivity index (χ2v) is 7.79. The molecule has 2 aliphatic heterocycles. The van der Waals surface area contributed by atoms with Crippen LogP contribution in [-0.4, -0.2) is 42.8 Å². The van der Waals surface area contributed by atoms with Gasteiger partial charge < -0.3 is 20.1 Å². The highest BCUT2D eigenvalue weighted by atomic mass is 127. The Labute approximate surface area is 187 Å². The SMILES string of the molecule is CCNC(=NCc1csc(-c2ccc(OC)cc2)n1)NC1CC2CCC1O2.I. The summed E-state index contributed by atoms with van der Waals surface area (Å²) in [7, 11) is 1.67. The molecule has 8 heteroatoms. The summed E-state index contributed by atoms with van der Waals surface area (Å²) < 4.78 is 11.1. The van der Waals surface area contributed by atoms with Crippen molar-refractivity contribution < 1.29 is 9.47 Å². The van der Waals surface area contributed by atoms with Crippen molar-refractivity contribution in [1.29, 1.82) is 0 Å². The van der Waals surface area contributed by atoms with Crippen molar-refractivity contribution in [3.8, 4) is 16.3 Å². The number of halogens is 1. The van der Waals surface area contributed by atoms with Gasteiger partial charge in [-0.1, -0.05) is 0 Å². The molecule has 0 saturated carbocycles. The van der Waals surface area contributed by atoms with Crippen molar-refractivity contribution in [2.45, 2.75) is 51.0 Å². The Morgan fingerprint density at radius 1 is 1.32 bits per heavy atom. The molecule has 2 N–H and O–H groups in total. The number of aliphatic imine (C=N–C) groups is 1. The number of fused-ring (bicyclic) bond motifs is 2. The highest BCUT2D eigenvalue weighted by Gasteiger charge is 2.41. The Balaban J connectivity index is 0.00000225. The molecule has 0 radical (unpaired) electrons. The van der Waals surface area contributed by atoms with Crippen molar-refractivity contribution in [1.82, 2.24) is 15.6 Å². The van der Waals surface area contributed by atoms with Gasteiger partial charge in [0.2, 0.25) is 0 Å². The first-order valence-electron chi connectivity index (χ1n) is 9.54. The fraction of sp³-hybridized carbons (Fsp3) is 0.500. The molecule has 4 rings (SSSR count). The topological polar surface area (TPSA) is 67.8 Å². The summed E-state index contributed by atoms with van der Waals surface area (Å²) in [6, 6.07) is 8.35. The third-order valence-electron chi connectivity index (χ3n) is 5.06. The Hall–Kier alpha value is -1.39. The summed E-state index contributed by atoms with van der Waals surface area (Å²) in [6.45, 7) is 3.48. The number of hydrogen-bond donors (Lipinski definition) is 2. The molecule has 2 aliphatic rings. The third-order valence-corrected chi connectivity index (χ3v) is 6.00. The molecule has 2 fully saturated rings. The number of nitrogens with one attached hydrogen (secondary N) is 2. The average molecular weight is 514 g/mol. The minimum Gasteiger partial charge on any atom is -0.497 e. The quantitative estimate of drug-likeness (QED) is 0.349. The lowest BCUT2D eigenvalue weighted by atomic mass is 9.96. The summed E-state index contributed by atoms with van der Waals surface area (Å²) in [4.78, 5) is 9.46. The second kappa shape index (κ2) is 9.89. The maximum absolute atomic E-state index is 5.93. The average Bonchev–Trinajstić information content (AvgIpc) is 3.43. The van der Waals surface area contributed by atoms with Gasteiger partial charge in [-0.25, -0.2) is 9.98 Å². The highest BCUT2D eigenvalue weighted by molar-refractivity contribution is 14.0. The molecule has 3 heterocycles. The molecule has 0 spiro atoms.